The molecule has 1 saturated heterocycles. The number of rotatable bonds is 8. The van der Waals surface area contributed by atoms with Gasteiger partial charge in [-0.3, -0.25) is 4.79 Å². The van der Waals surface area contributed by atoms with Gasteiger partial charge in [-0.05, 0) is 36.3 Å². The molecule has 2 aromatic rings. The Hall–Kier alpha value is -1.99. The number of carbonyl (C=O) groups is 1. The lowest BCUT2D eigenvalue weighted by Gasteiger charge is -2.14. The maximum absolute atomic E-state index is 12.0. The molecule has 0 aromatic heterocycles. The monoisotopic (exact) mass is 465 g/mol. The Labute approximate surface area is 188 Å². The molecule has 1 aliphatic heterocycles. The molecule has 0 atom stereocenters. The molecular formula is C21H17Cl2NO3S2. The highest BCUT2D eigenvalue weighted by Crippen LogP contribution is 2.36. The van der Waals surface area contributed by atoms with Crippen molar-refractivity contribution in [2.24, 2.45) is 0 Å². The van der Waals surface area contributed by atoms with Gasteiger partial charge < -0.3 is 14.8 Å². The number of thiocarbonyl (C=S) groups is 1. The average molecular weight is 466 g/mol. The summed E-state index contributed by atoms with van der Waals surface area (Å²) in [4.78, 5) is 12.4. The lowest BCUT2D eigenvalue weighted by atomic mass is 10.1. The van der Waals surface area contributed by atoms with E-state index in [9.17, 15) is 4.79 Å². The highest BCUT2D eigenvalue weighted by molar-refractivity contribution is 8.26. The number of ether oxygens (including phenoxy) is 2. The molecule has 1 N–H and O–H groups in total. The number of amides is 1. The van der Waals surface area contributed by atoms with Crippen LogP contribution in [0.1, 0.15) is 11.1 Å². The summed E-state index contributed by atoms with van der Waals surface area (Å²) in [6.45, 7) is 4.35. The standard InChI is InChI=1S/C21H17Cl2NO3S2/c1-2-5-13-6-3-4-7-17(13)26-8-9-27-19-14(10-15(22)12-16(19)23)11-18-20(25)24-21(28)29-18/h2-4,6-7,10-12H,1,5,8-9H2,(H,24,25,28). The Morgan fingerprint density at radius 1 is 1.17 bits per heavy atom. The highest BCUT2D eigenvalue weighted by atomic mass is 35.5. The van der Waals surface area contributed by atoms with Crippen LogP contribution in [0.15, 0.2) is 54.0 Å². The normalized spacial score (nSPS) is 14.8. The molecule has 0 radical (unpaired) electrons. The van der Waals surface area contributed by atoms with Crippen molar-refractivity contribution in [3.63, 3.8) is 0 Å². The van der Waals surface area contributed by atoms with Crippen LogP contribution in [0.2, 0.25) is 10.0 Å². The summed E-state index contributed by atoms with van der Waals surface area (Å²) in [5.74, 6) is 0.954. The topological polar surface area (TPSA) is 47.6 Å². The molecule has 1 aliphatic rings. The van der Waals surface area contributed by atoms with Gasteiger partial charge in [-0.1, -0.05) is 71.5 Å². The molecule has 8 heteroatoms. The Bertz CT molecular complexity index is 992. The average Bonchev–Trinajstić information content (AvgIpc) is 2.98. The van der Waals surface area contributed by atoms with Crippen LogP contribution in [0.3, 0.4) is 0 Å². The molecular weight excluding hydrogens is 449 g/mol. The maximum Gasteiger partial charge on any atom is 0.263 e. The zero-order valence-electron chi connectivity index (χ0n) is 15.2. The zero-order valence-corrected chi connectivity index (χ0v) is 18.4. The number of allylic oxidation sites excluding steroid dienone is 1. The van der Waals surface area contributed by atoms with Gasteiger partial charge in [0.05, 0.1) is 9.93 Å². The van der Waals surface area contributed by atoms with Crippen LogP contribution >= 0.6 is 47.2 Å². The first-order valence-electron chi connectivity index (χ1n) is 8.66. The van der Waals surface area contributed by atoms with E-state index in [4.69, 9.17) is 44.9 Å². The Morgan fingerprint density at radius 3 is 2.66 bits per heavy atom. The van der Waals surface area contributed by atoms with Crippen LogP contribution in [0.5, 0.6) is 11.5 Å². The largest absolute Gasteiger partial charge is 0.490 e. The minimum atomic E-state index is -0.260. The zero-order chi connectivity index (χ0) is 20.8. The molecule has 1 heterocycles. The molecule has 0 spiro atoms. The van der Waals surface area contributed by atoms with Crippen LogP contribution in [0.25, 0.3) is 6.08 Å². The molecule has 1 fully saturated rings. The van der Waals surface area contributed by atoms with Gasteiger partial charge >= 0.3 is 0 Å². The van der Waals surface area contributed by atoms with Crippen molar-refractivity contribution in [1.82, 2.24) is 5.32 Å². The summed E-state index contributed by atoms with van der Waals surface area (Å²) in [7, 11) is 0. The van der Waals surface area contributed by atoms with Gasteiger partial charge in [-0.25, -0.2) is 0 Å². The summed E-state index contributed by atoms with van der Waals surface area (Å²) in [6.07, 6.45) is 4.21. The summed E-state index contributed by atoms with van der Waals surface area (Å²) in [5.41, 5.74) is 1.65. The van der Waals surface area contributed by atoms with E-state index < -0.39 is 0 Å². The second-order valence-electron chi connectivity index (χ2n) is 5.96. The van der Waals surface area contributed by atoms with E-state index in [2.05, 4.69) is 11.9 Å². The van der Waals surface area contributed by atoms with Gasteiger partial charge in [0.2, 0.25) is 0 Å². The number of hydrogen-bond donors (Lipinski definition) is 1. The Kier molecular flexibility index (Phi) is 7.61. The number of thioether (sulfide) groups is 1. The van der Waals surface area contributed by atoms with Crippen LogP contribution in [0, 0.1) is 0 Å². The van der Waals surface area contributed by atoms with Gasteiger partial charge in [0, 0.05) is 10.6 Å². The molecule has 150 valence electrons. The first kappa shape index (κ1) is 21.7. The summed E-state index contributed by atoms with van der Waals surface area (Å²) in [6, 6.07) is 11.0. The molecule has 0 saturated carbocycles. The number of nitrogens with one attached hydrogen (secondary N) is 1. The molecule has 1 amide bonds. The van der Waals surface area contributed by atoms with E-state index in [1.54, 1.807) is 18.2 Å². The minimum absolute atomic E-state index is 0.260. The number of hydrogen-bond acceptors (Lipinski definition) is 5. The summed E-state index contributed by atoms with van der Waals surface area (Å²) < 4.78 is 12.1. The SMILES string of the molecule is C=CCc1ccccc1OCCOc1c(Cl)cc(Cl)cc1C=C1SC(=S)NC1=O. The van der Waals surface area contributed by atoms with Gasteiger partial charge in [0.15, 0.2) is 0 Å². The van der Waals surface area contributed by atoms with E-state index in [-0.39, 0.29) is 12.5 Å². The lowest BCUT2D eigenvalue weighted by Crippen LogP contribution is -2.17. The smallest absolute Gasteiger partial charge is 0.263 e. The van der Waals surface area contributed by atoms with E-state index in [1.165, 1.54) is 11.8 Å². The maximum atomic E-state index is 12.0. The van der Waals surface area contributed by atoms with Gasteiger partial charge in [0.25, 0.3) is 5.91 Å². The van der Waals surface area contributed by atoms with Gasteiger partial charge in [-0.2, -0.15) is 0 Å². The summed E-state index contributed by atoms with van der Waals surface area (Å²) >= 11 is 18.6. The lowest BCUT2D eigenvalue weighted by molar-refractivity contribution is -0.115. The van der Waals surface area contributed by atoms with Crippen molar-refractivity contribution in [2.45, 2.75) is 6.42 Å². The molecule has 0 unspecified atom stereocenters. The third kappa shape index (κ3) is 5.76. The Morgan fingerprint density at radius 2 is 1.93 bits per heavy atom. The Balaban J connectivity index is 1.71. The molecule has 3 rings (SSSR count). The van der Waals surface area contributed by atoms with Crippen molar-refractivity contribution in [2.75, 3.05) is 13.2 Å². The fraction of sp³-hybridized carbons (Fsp3) is 0.143. The fourth-order valence-corrected chi connectivity index (χ4v) is 4.26. The molecule has 0 bridgehead atoms. The van der Waals surface area contributed by atoms with Crippen molar-refractivity contribution in [3.05, 3.63) is 75.1 Å². The van der Waals surface area contributed by atoms with Crippen molar-refractivity contribution in [1.29, 1.82) is 0 Å². The predicted molar refractivity (Wildman–Crippen MR) is 124 cm³/mol. The summed E-state index contributed by atoms with van der Waals surface area (Å²) in [5, 5.41) is 3.36. The van der Waals surface area contributed by atoms with Crippen LogP contribution in [-0.4, -0.2) is 23.4 Å². The second-order valence-corrected chi connectivity index (χ2v) is 8.52. The number of para-hydroxylation sites is 1. The molecule has 29 heavy (non-hydrogen) atoms. The fourth-order valence-electron chi connectivity index (χ4n) is 2.67. The highest BCUT2D eigenvalue weighted by Gasteiger charge is 2.23. The van der Waals surface area contributed by atoms with Gasteiger partial charge in [-0.15, -0.1) is 6.58 Å². The first-order chi connectivity index (χ1) is 14.0. The third-order valence-corrected chi connectivity index (χ3v) is 5.55. The van der Waals surface area contributed by atoms with E-state index in [1.807, 2.05) is 30.3 Å². The molecule has 0 aliphatic carbocycles. The van der Waals surface area contributed by atoms with Crippen molar-refractivity contribution in [3.8, 4) is 11.5 Å². The van der Waals surface area contributed by atoms with Gasteiger partial charge in [0.1, 0.15) is 29.0 Å². The quantitative estimate of drug-likeness (QED) is 0.235. The number of carbonyl (C=O) groups excluding carboxylic acids is 1. The van der Waals surface area contributed by atoms with Crippen LogP contribution in [0.4, 0.5) is 0 Å². The van der Waals surface area contributed by atoms with Crippen LogP contribution in [-0.2, 0) is 11.2 Å². The molecule has 4 nitrogen and oxygen atoms in total. The van der Waals surface area contributed by atoms with Crippen LogP contribution < -0.4 is 14.8 Å². The van der Waals surface area contributed by atoms with Crippen molar-refractivity contribution >= 4 is 63.5 Å². The number of benzene rings is 2. The predicted octanol–water partition coefficient (Wildman–Crippen LogP) is 5.67. The van der Waals surface area contributed by atoms with E-state index in [0.29, 0.717) is 37.2 Å². The minimum Gasteiger partial charge on any atom is -0.490 e. The molecule has 2 aromatic carbocycles. The third-order valence-electron chi connectivity index (χ3n) is 3.89. The second kappa shape index (κ2) is 10.2. The van der Waals surface area contributed by atoms with E-state index >= 15 is 0 Å². The number of halogens is 2. The van der Waals surface area contributed by atoms with E-state index in [0.717, 1.165) is 17.7 Å². The first-order valence-corrected chi connectivity index (χ1v) is 10.6. The van der Waals surface area contributed by atoms with Crippen molar-refractivity contribution < 1.29 is 14.3 Å².